The molecule has 3 heterocycles. The lowest BCUT2D eigenvalue weighted by atomic mass is 9.97. The van der Waals surface area contributed by atoms with Crippen LogP contribution in [0.3, 0.4) is 0 Å². The summed E-state index contributed by atoms with van der Waals surface area (Å²) in [6, 6.07) is 0. The second kappa shape index (κ2) is 7.66. The van der Waals surface area contributed by atoms with Crippen molar-refractivity contribution in [2.24, 2.45) is 0 Å². The summed E-state index contributed by atoms with van der Waals surface area (Å²) in [4.78, 5) is 9.19. The van der Waals surface area contributed by atoms with E-state index in [1.807, 2.05) is 23.1 Å². The zero-order chi connectivity index (χ0) is 18.3. The molecular weight excluding hydrogens is 382 g/mol. The maximum Gasteiger partial charge on any atom is 0.197 e. The van der Waals surface area contributed by atoms with Crippen molar-refractivity contribution < 1.29 is 4.90 Å². The number of thioether (sulfide) groups is 2. The Labute approximate surface area is 167 Å². The molecule has 140 valence electrons. The van der Waals surface area contributed by atoms with Crippen molar-refractivity contribution in [3.63, 3.8) is 0 Å². The summed E-state index contributed by atoms with van der Waals surface area (Å²) in [6.45, 7) is 5.54. The number of thiophene rings is 1. The Bertz CT molecular complexity index is 928. The van der Waals surface area contributed by atoms with Gasteiger partial charge in [-0.15, -0.1) is 21.5 Å². The highest BCUT2D eigenvalue weighted by molar-refractivity contribution is 8.00. The van der Waals surface area contributed by atoms with Crippen LogP contribution < -0.4 is 4.90 Å². The first kappa shape index (κ1) is 18.5. The van der Waals surface area contributed by atoms with Gasteiger partial charge in [0.1, 0.15) is 4.83 Å². The lowest BCUT2D eigenvalue weighted by Crippen LogP contribution is -3.06. The Balaban J connectivity index is 1.86. The van der Waals surface area contributed by atoms with Gasteiger partial charge >= 0.3 is 0 Å². The molecule has 0 bridgehead atoms. The van der Waals surface area contributed by atoms with E-state index in [0.717, 1.165) is 39.5 Å². The van der Waals surface area contributed by atoms with Crippen LogP contribution in [0.2, 0.25) is 0 Å². The van der Waals surface area contributed by atoms with E-state index in [0.29, 0.717) is 5.25 Å². The van der Waals surface area contributed by atoms with Crippen molar-refractivity contribution in [3.8, 4) is 0 Å². The van der Waals surface area contributed by atoms with Gasteiger partial charge in [0.2, 0.25) is 0 Å². The summed E-state index contributed by atoms with van der Waals surface area (Å²) in [5.41, 5.74) is 2.49. The van der Waals surface area contributed by atoms with Gasteiger partial charge in [-0.25, -0.2) is 9.38 Å². The second-order valence-corrected chi connectivity index (χ2v) is 11.1. The molecule has 3 aromatic heterocycles. The van der Waals surface area contributed by atoms with E-state index in [2.05, 4.69) is 42.5 Å². The average Bonchev–Trinajstić information content (AvgIpc) is 3.15. The van der Waals surface area contributed by atoms with E-state index in [1.54, 1.807) is 11.8 Å². The lowest BCUT2D eigenvalue weighted by Gasteiger charge is -2.12. The molecule has 0 aliphatic heterocycles. The number of nitrogens with one attached hydrogen (secondary N) is 1. The maximum atomic E-state index is 5.07. The van der Waals surface area contributed by atoms with E-state index in [1.165, 1.54) is 40.0 Å². The Morgan fingerprint density at radius 1 is 1.15 bits per heavy atom. The summed E-state index contributed by atoms with van der Waals surface area (Å²) in [5, 5.41) is 12.9. The molecule has 26 heavy (non-hydrogen) atoms. The van der Waals surface area contributed by atoms with E-state index in [9.17, 15) is 0 Å². The minimum Gasteiger partial charge on any atom is -0.339 e. The predicted octanol–water partition coefficient (Wildman–Crippen LogP) is 2.95. The molecule has 1 aliphatic rings. The van der Waals surface area contributed by atoms with Gasteiger partial charge in [0.25, 0.3) is 0 Å². The number of quaternary nitrogens is 1. The van der Waals surface area contributed by atoms with Gasteiger partial charge in [0.05, 0.1) is 31.8 Å². The number of aryl methyl sites for hydroxylation is 2. The molecule has 0 fully saturated rings. The van der Waals surface area contributed by atoms with Crippen LogP contribution in [-0.4, -0.2) is 51.2 Å². The van der Waals surface area contributed by atoms with Crippen LogP contribution in [0.25, 0.3) is 15.9 Å². The Kier molecular flexibility index (Phi) is 5.46. The minimum absolute atomic E-state index is 0.476. The fraction of sp³-hybridized carbons (Fsp3) is 0.611. The van der Waals surface area contributed by atoms with Crippen molar-refractivity contribution in [1.29, 1.82) is 0 Å². The maximum absolute atomic E-state index is 5.07. The predicted molar refractivity (Wildman–Crippen MR) is 112 cm³/mol. The average molecular weight is 409 g/mol. The van der Waals surface area contributed by atoms with Crippen LogP contribution in [0.1, 0.15) is 37.1 Å². The van der Waals surface area contributed by atoms with Crippen LogP contribution >= 0.6 is 34.9 Å². The third-order valence-electron chi connectivity index (χ3n) is 4.57. The molecule has 4 rings (SSSR count). The lowest BCUT2D eigenvalue weighted by molar-refractivity contribution is -0.855. The molecule has 0 aromatic carbocycles. The van der Waals surface area contributed by atoms with Gasteiger partial charge in [-0.3, -0.25) is 0 Å². The largest absolute Gasteiger partial charge is 0.339 e. The summed E-state index contributed by atoms with van der Waals surface area (Å²) in [7, 11) is 4.37. The topological polar surface area (TPSA) is 47.5 Å². The van der Waals surface area contributed by atoms with Crippen LogP contribution in [-0.2, 0) is 12.8 Å². The smallest absolute Gasteiger partial charge is 0.197 e. The van der Waals surface area contributed by atoms with Crippen LogP contribution in [0.4, 0.5) is 0 Å². The van der Waals surface area contributed by atoms with Crippen molar-refractivity contribution in [1.82, 2.24) is 19.6 Å². The molecule has 8 heteroatoms. The fourth-order valence-electron chi connectivity index (χ4n) is 3.33. The van der Waals surface area contributed by atoms with Crippen molar-refractivity contribution in [3.05, 3.63) is 10.4 Å². The van der Waals surface area contributed by atoms with Crippen LogP contribution in [0.15, 0.2) is 10.3 Å². The number of hydrogen-bond donors (Lipinski definition) is 1. The van der Waals surface area contributed by atoms with E-state index >= 15 is 0 Å². The monoisotopic (exact) mass is 408 g/mol. The van der Waals surface area contributed by atoms with E-state index in [-0.39, 0.29) is 0 Å². The first-order valence-electron chi connectivity index (χ1n) is 9.32. The third kappa shape index (κ3) is 3.48. The quantitative estimate of drug-likeness (QED) is 0.502. The zero-order valence-corrected chi connectivity index (χ0v) is 18.3. The van der Waals surface area contributed by atoms with E-state index in [4.69, 9.17) is 4.98 Å². The van der Waals surface area contributed by atoms with Crippen LogP contribution in [0, 0.1) is 0 Å². The highest BCUT2D eigenvalue weighted by Gasteiger charge is 2.24. The Morgan fingerprint density at radius 3 is 2.73 bits per heavy atom. The molecule has 0 amide bonds. The third-order valence-corrected chi connectivity index (χ3v) is 7.64. The summed E-state index contributed by atoms with van der Waals surface area (Å²) < 4.78 is 2.21. The molecule has 0 radical (unpaired) electrons. The number of aromatic nitrogens is 4. The van der Waals surface area contributed by atoms with Crippen molar-refractivity contribution in [2.45, 2.75) is 55.1 Å². The van der Waals surface area contributed by atoms with Gasteiger partial charge < -0.3 is 4.90 Å². The molecule has 0 saturated heterocycles. The molecule has 5 nitrogen and oxygen atoms in total. The molecule has 1 N–H and O–H groups in total. The summed E-state index contributed by atoms with van der Waals surface area (Å²) in [6.07, 6.45) is 4.92. The van der Waals surface area contributed by atoms with Crippen molar-refractivity contribution >= 4 is 50.7 Å². The van der Waals surface area contributed by atoms with Gasteiger partial charge in [0.15, 0.2) is 16.0 Å². The van der Waals surface area contributed by atoms with Crippen molar-refractivity contribution in [2.75, 3.05) is 26.4 Å². The highest BCUT2D eigenvalue weighted by Crippen LogP contribution is 2.39. The molecular formula is C18H26N5S3+. The normalized spacial score (nSPS) is 14.8. The molecule has 0 atom stereocenters. The second-order valence-electron chi connectivity index (χ2n) is 7.40. The van der Waals surface area contributed by atoms with Crippen LogP contribution in [0.5, 0.6) is 0 Å². The summed E-state index contributed by atoms with van der Waals surface area (Å²) >= 11 is 5.47. The van der Waals surface area contributed by atoms with Gasteiger partial charge in [0, 0.05) is 10.1 Å². The first-order chi connectivity index (χ1) is 12.5. The number of fused-ring (bicyclic) bond motifs is 5. The molecule has 0 saturated carbocycles. The molecule has 3 aromatic rings. The highest BCUT2D eigenvalue weighted by atomic mass is 32.2. The van der Waals surface area contributed by atoms with Gasteiger partial charge in [-0.2, -0.15) is 0 Å². The molecule has 0 spiro atoms. The Hall–Kier alpha value is -0.830. The minimum atomic E-state index is 0.476. The first-order valence-corrected chi connectivity index (χ1v) is 12.0. The SMILES string of the molecule is CC(C)Sc1nc2sc3c(c2c2nnc(SCC[NH+](C)C)n12)CCCC3. The van der Waals surface area contributed by atoms with Gasteiger partial charge in [-0.1, -0.05) is 37.4 Å². The molecule has 0 unspecified atom stereocenters. The number of rotatable bonds is 6. The van der Waals surface area contributed by atoms with Gasteiger partial charge in [-0.05, 0) is 31.2 Å². The Morgan fingerprint density at radius 2 is 1.96 bits per heavy atom. The number of hydrogen-bond acceptors (Lipinski definition) is 6. The summed E-state index contributed by atoms with van der Waals surface area (Å²) in [5.74, 6) is 1.04. The fourth-order valence-corrected chi connectivity index (χ4v) is 6.64. The molecule has 1 aliphatic carbocycles. The standard InChI is InChI=1S/C18H25N5S3/c1-11(2)25-17-19-16-14(12-7-5-6-8-13(12)26-16)15-20-21-18(23(15)17)24-10-9-22(3)4/h11H,5-10H2,1-4H3/p+1. The van der Waals surface area contributed by atoms with E-state index < -0.39 is 0 Å². The zero-order valence-electron chi connectivity index (χ0n) is 15.8. The number of nitrogens with zero attached hydrogens (tertiary/aromatic N) is 4.